The van der Waals surface area contributed by atoms with E-state index in [0.717, 1.165) is 28.0 Å². The average molecular weight is 474 g/mol. The maximum absolute atomic E-state index is 12.2. The maximum Gasteiger partial charge on any atom is 0.250 e. The Hall–Kier alpha value is -4.17. The molecule has 0 atom stereocenters. The van der Waals surface area contributed by atoms with E-state index < -0.39 is 0 Å². The number of anilines is 1. The maximum atomic E-state index is 12.2. The average Bonchev–Trinajstić information content (AvgIpc) is 3.23. The molecule has 0 spiro atoms. The van der Waals surface area contributed by atoms with Crippen LogP contribution in [0.4, 0.5) is 5.69 Å². The SMILES string of the molecule is COc1ccc(/C=C/C(=O)NC(=S)Nc2ccc(O)c(-c3nc4cc(C)cc(C)c4o3)c2)cc1. The number of fused-ring (bicyclic) bond motifs is 1. The zero-order chi connectivity index (χ0) is 24.2. The number of aryl methyl sites for hydroxylation is 2. The first-order valence-electron chi connectivity index (χ1n) is 10.5. The molecule has 0 bridgehead atoms. The van der Waals surface area contributed by atoms with Gasteiger partial charge in [0.25, 0.3) is 0 Å². The van der Waals surface area contributed by atoms with Gasteiger partial charge in [0.15, 0.2) is 10.7 Å². The summed E-state index contributed by atoms with van der Waals surface area (Å²) in [6.45, 7) is 3.94. The van der Waals surface area contributed by atoms with Crippen LogP contribution >= 0.6 is 12.2 Å². The normalized spacial score (nSPS) is 11.0. The smallest absolute Gasteiger partial charge is 0.250 e. The molecular formula is C26H23N3O4S. The highest BCUT2D eigenvalue weighted by molar-refractivity contribution is 7.80. The molecule has 0 aliphatic rings. The van der Waals surface area contributed by atoms with Crippen molar-refractivity contribution >= 4 is 46.1 Å². The van der Waals surface area contributed by atoms with Crippen LogP contribution in [-0.2, 0) is 4.79 Å². The number of rotatable bonds is 5. The molecule has 1 amide bonds. The Morgan fingerprint density at radius 1 is 1.12 bits per heavy atom. The lowest BCUT2D eigenvalue weighted by molar-refractivity contribution is -0.115. The van der Waals surface area contributed by atoms with Crippen molar-refractivity contribution in [3.63, 3.8) is 0 Å². The minimum atomic E-state index is -0.378. The zero-order valence-corrected chi connectivity index (χ0v) is 19.7. The van der Waals surface area contributed by atoms with Gasteiger partial charge in [-0.15, -0.1) is 0 Å². The number of methoxy groups -OCH3 is 1. The molecule has 4 rings (SSSR count). The lowest BCUT2D eigenvalue weighted by Gasteiger charge is -2.10. The third kappa shape index (κ3) is 5.24. The van der Waals surface area contributed by atoms with Crippen molar-refractivity contribution in [1.82, 2.24) is 10.3 Å². The van der Waals surface area contributed by atoms with Gasteiger partial charge in [0.2, 0.25) is 11.8 Å². The highest BCUT2D eigenvalue weighted by atomic mass is 32.1. The van der Waals surface area contributed by atoms with Gasteiger partial charge in [0.05, 0.1) is 12.7 Å². The van der Waals surface area contributed by atoms with Crippen LogP contribution in [-0.4, -0.2) is 28.2 Å². The molecule has 1 heterocycles. The van der Waals surface area contributed by atoms with Crippen molar-refractivity contribution in [2.24, 2.45) is 0 Å². The molecule has 0 radical (unpaired) electrons. The summed E-state index contributed by atoms with van der Waals surface area (Å²) in [7, 11) is 1.60. The molecular weight excluding hydrogens is 450 g/mol. The summed E-state index contributed by atoms with van der Waals surface area (Å²) in [5, 5.41) is 16.0. The Bertz CT molecular complexity index is 1410. The number of amides is 1. The van der Waals surface area contributed by atoms with Gasteiger partial charge >= 0.3 is 0 Å². The molecule has 8 heteroatoms. The van der Waals surface area contributed by atoms with Gasteiger partial charge in [0, 0.05) is 11.8 Å². The van der Waals surface area contributed by atoms with E-state index >= 15 is 0 Å². The van der Waals surface area contributed by atoms with Crippen LogP contribution in [0.25, 0.3) is 28.6 Å². The Morgan fingerprint density at radius 2 is 1.88 bits per heavy atom. The number of aromatic hydroxyl groups is 1. The monoisotopic (exact) mass is 473 g/mol. The second kappa shape index (κ2) is 9.76. The van der Waals surface area contributed by atoms with Crippen molar-refractivity contribution in [3.8, 4) is 23.0 Å². The van der Waals surface area contributed by atoms with Crippen LogP contribution < -0.4 is 15.4 Å². The summed E-state index contributed by atoms with van der Waals surface area (Å²) in [5.74, 6) is 0.673. The quantitative estimate of drug-likeness (QED) is 0.204. The summed E-state index contributed by atoms with van der Waals surface area (Å²) in [5.41, 5.74) is 5.25. The Labute approximate surface area is 202 Å². The summed E-state index contributed by atoms with van der Waals surface area (Å²) in [6, 6.07) is 16.1. The van der Waals surface area contributed by atoms with E-state index in [1.54, 1.807) is 25.3 Å². The number of carbonyl (C=O) groups excluding carboxylic acids is 1. The zero-order valence-electron chi connectivity index (χ0n) is 18.9. The highest BCUT2D eigenvalue weighted by Crippen LogP contribution is 2.34. The van der Waals surface area contributed by atoms with Gasteiger partial charge in [-0.2, -0.15) is 0 Å². The molecule has 0 saturated heterocycles. The first-order chi connectivity index (χ1) is 16.3. The molecule has 0 aliphatic heterocycles. The summed E-state index contributed by atoms with van der Waals surface area (Å²) in [4.78, 5) is 16.8. The number of hydrogen-bond acceptors (Lipinski definition) is 6. The molecule has 0 fully saturated rings. The van der Waals surface area contributed by atoms with E-state index in [-0.39, 0.29) is 16.8 Å². The number of benzene rings is 3. The van der Waals surface area contributed by atoms with Crippen LogP contribution in [0.3, 0.4) is 0 Å². The molecule has 172 valence electrons. The predicted octanol–water partition coefficient (Wildman–Crippen LogP) is 5.35. The summed E-state index contributed by atoms with van der Waals surface area (Å²) >= 11 is 5.26. The van der Waals surface area contributed by atoms with E-state index in [9.17, 15) is 9.90 Å². The van der Waals surface area contributed by atoms with E-state index in [4.69, 9.17) is 21.4 Å². The van der Waals surface area contributed by atoms with Crippen molar-refractivity contribution in [1.29, 1.82) is 0 Å². The first kappa shape index (κ1) is 23.0. The second-order valence-electron chi connectivity index (χ2n) is 7.73. The standard InChI is InChI=1S/C26H23N3O4S/c1-15-12-16(2)24-21(13-15)28-25(33-24)20-14-18(7-10-22(20)30)27-26(34)29-23(31)11-6-17-4-8-19(32-3)9-5-17/h4-14,30H,1-3H3,(H2,27,29,31,34)/b11-6+. The molecule has 0 saturated carbocycles. The predicted molar refractivity (Wildman–Crippen MR) is 137 cm³/mol. The number of phenols is 1. The fraction of sp³-hybridized carbons (Fsp3) is 0.115. The number of nitrogens with zero attached hydrogens (tertiary/aromatic N) is 1. The number of ether oxygens (including phenoxy) is 1. The Kier molecular flexibility index (Phi) is 6.60. The number of oxazole rings is 1. The van der Waals surface area contributed by atoms with Crippen molar-refractivity contribution in [2.45, 2.75) is 13.8 Å². The van der Waals surface area contributed by atoms with Crippen LogP contribution in [0.1, 0.15) is 16.7 Å². The van der Waals surface area contributed by atoms with Crippen LogP contribution in [0.5, 0.6) is 11.5 Å². The number of aromatic nitrogens is 1. The number of phenolic OH excluding ortho intramolecular Hbond substituents is 1. The molecule has 4 aromatic rings. The largest absolute Gasteiger partial charge is 0.507 e. The van der Waals surface area contributed by atoms with Gasteiger partial charge < -0.3 is 19.6 Å². The van der Waals surface area contributed by atoms with E-state index in [1.165, 1.54) is 12.1 Å². The van der Waals surface area contributed by atoms with Gasteiger partial charge in [-0.25, -0.2) is 4.98 Å². The molecule has 34 heavy (non-hydrogen) atoms. The van der Waals surface area contributed by atoms with Gasteiger partial charge in [-0.3, -0.25) is 10.1 Å². The molecule has 3 N–H and O–H groups in total. The number of thiocarbonyl (C=S) groups is 1. The fourth-order valence-corrected chi connectivity index (χ4v) is 3.70. The van der Waals surface area contributed by atoms with Gasteiger partial charge in [0.1, 0.15) is 17.0 Å². The highest BCUT2D eigenvalue weighted by Gasteiger charge is 2.15. The van der Waals surface area contributed by atoms with E-state index in [2.05, 4.69) is 15.6 Å². The van der Waals surface area contributed by atoms with E-state index in [1.807, 2.05) is 50.2 Å². The third-order valence-electron chi connectivity index (χ3n) is 5.08. The fourth-order valence-electron chi connectivity index (χ4n) is 3.48. The van der Waals surface area contributed by atoms with Crippen LogP contribution in [0, 0.1) is 13.8 Å². The molecule has 7 nitrogen and oxygen atoms in total. The lowest BCUT2D eigenvalue weighted by atomic mass is 10.1. The Balaban J connectivity index is 1.45. The van der Waals surface area contributed by atoms with Crippen LogP contribution in [0.2, 0.25) is 0 Å². The first-order valence-corrected chi connectivity index (χ1v) is 10.9. The number of nitrogens with one attached hydrogen (secondary N) is 2. The van der Waals surface area contributed by atoms with Crippen molar-refractivity contribution in [2.75, 3.05) is 12.4 Å². The molecule has 1 aromatic heterocycles. The Morgan fingerprint density at radius 3 is 2.62 bits per heavy atom. The summed E-state index contributed by atoms with van der Waals surface area (Å²) in [6.07, 6.45) is 3.06. The minimum Gasteiger partial charge on any atom is -0.507 e. The second-order valence-corrected chi connectivity index (χ2v) is 8.14. The van der Waals surface area contributed by atoms with Crippen LogP contribution in [0.15, 0.2) is 65.1 Å². The van der Waals surface area contributed by atoms with E-state index in [0.29, 0.717) is 22.7 Å². The van der Waals surface area contributed by atoms with Gasteiger partial charge in [-0.05, 0) is 85.2 Å². The number of hydrogen-bond donors (Lipinski definition) is 3. The molecule has 0 unspecified atom stereocenters. The van der Waals surface area contributed by atoms with Gasteiger partial charge in [-0.1, -0.05) is 18.2 Å². The number of carbonyl (C=O) groups is 1. The molecule has 3 aromatic carbocycles. The summed E-state index contributed by atoms with van der Waals surface area (Å²) < 4.78 is 11.0. The molecule has 0 aliphatic carbocycles. The third-order valence-corrected chi connectivity index (χ3v) is 5.29. The van der Waals surface area contributed by atoms with Crippen molar-refractivity contribution in [3.05, 3.63) is 77.4 Å². The topological polar surface area (TPSA) is 96.6 Å². The lowest BCUT2D eigenvalue weighted by Crippen LogP contribution is -2.32. The minimum absolute atomic E-state index is 0.0175. The van der Waals surface area contributed by atoms with Crippen molar-refractivity contribution < 1.29 is 19.1 Å².